The molecule has 2 saturated heterocycles. The molecule has 1 aromatic heterocycles. The van der Waals surface area contributed by atoms with Crippen LogP contribution in [0.2, 0.25) is 0 Å². The summed E-state index contributed by atoms with van der Waals surface area (Å²) in [4.78, 5) is 23.9. The summed E-state index contributed by atoms with van der Waals surface area (Å²) < 4.78 is 34.9. The Bertz CT molecular complexity index is 914. The van der Waals surface area contributed by atoms with Crippen molar-refractivity contribution in [3.8, 4) is 0 Å². The second kappa shape index (κ2) is 8.49. The van der Waals surface area contributed by atoms with Gasteiger partial charge in [0.05, 0.1) is 19.3 Å². The van der Waals surface area contributed by atoms with E-state index in [1.54, 1.807) is 4.90 Å². The Hall–Kier alpha value is -1.62. The first kappa shape index (κ1) is 21.6. The lowest BCUT2D eigenvalue weighted by molar-refractivity contribution is -0.119. The first-order valence-electron chi connectivity index (χ1n) is 10.8. The molecule has 1 atom stereocenters. The van der Waals surface area contributed by atoms with Gasteiger partial charge in [0.15, 0.2) is 0 Å². The molecule has 1 aromatic rings. The van der Waals surface area contributed by atoms with E-state index in [-0.39, 0.29) is 5.91 Å². The van der Waals surface area contributed by atoms with Gasteiger partial charge in [-0.05, 0) is 32.1 Å². The lowest BCUT2D eigenvalue weighted by Crippen LogP contribution is -2.48. The van der Waals surface area contributed by atoms with Crippen LogP contribution in [0.25, 0.3) is 0 Å². The molecular weight excluding hydrogens is 406 g/mol. The molecule has 166 valence electrons. The minimum atomic E-state index is -3.61. The number of amides is 1. The van der Waals surface area contributed by atoms with E-state index in [9.17, 15) is 13.2 Å². The summed E-state index contributed by atoms with van der Waals surface area (Å²) in [6.07, 6.45) is 2.54. The predicted molar refractivity (Wildman–Crippen MR) is 112 cm³/mol. The van der Waals surface area contributed by atoms with E-state index in [2.05, 4.69) is 13.8 Å². The third kappa shape index (κ3) is 3.98. The number of fused-ring (bicyclic) bond motifs is 1. The zero-order valence-corrected chi connectivity index (χ0v) is 18.8. The molecule has 0 N–H and O–H groups in total. The predicted octanol–water partition coefficient (Wildman–Crippen LogP) is 1.43. The van der Waals surface area contributed by atoms with E-state index in [1.165, 1.54) is 8.61 Å². The van der Waals surface area contributed by atoms with Gasteiger partial charge in [-0.3, -0.25) is 9.69 Å². The van der Waals surface area contributed by atoms with Crippen LogP contribution in [0, 0.1) is 12.8 Å². The molecule has 4 rings (SSSR count). The van der Waals surface area contributed by atoms with E-state index in [0.717, 1.165) is 17.7 Å². The monoisotopic (exact) mass is 437 g/mol. The maximum absolute atomic E-state index is 13.3. The van der Waals surface area contributed by atoms with Gasteiger partial charge in [0.2, 0.25) is 5.91 Å². The number of carbonyl (C=O) groups excluding carboxylic acids is 1. The summed E-state index contributed by atoms with van der Waals surface area (Å²) in [5.41, 5.74) is 1.84. The van der Waals surface area contributed by atoms with Gasteiger partial charge in [0, 0.05) is 43.9 Å². The molecule has 1 amide bonds. The second-order valence-electron chi connectivity index (χ2n) is 8.66. The highest BCUT2D eigenvalue weighted by atomic mass is 32.2. The zero-order valence-electron chi connectivity index (χ0n) is 18.0. The number of nitrogens with zero attached hydrogens (tertiary/aromatic N) is 5. The van der Waals surface area contributed by atoms with Gasteiger partial charge in [-0.2, -0.15) is 17.0 Å². The van der Waals surface area contributed by atoms with Crippen LogP contribution in [0.3, 0.4) is 0 Å². The van der Waals surface area contributed by atoms with Gasteiger partial charge < -0.3 is 4.74 Å². The molecule has 3 aliphatic heterocycles. The first-order valence-corrected chi connectivity index (χ1v) is 12.2. The fourth-order valence-corrected chi connectivity index (χ4v) is 6.29. The molecule has 0 spiro atoms. The average Bonchev–Trinajstić information content (AvgIpc) is 3.21. The van der Waals surface area contributed by atoms with Gasteiger partial charge in [0.25, 0.3) is 10.2 Å². The van der Waals surface area contributed by atoms with Crippen LogP contribution in [0.1, 0.15) is 56.2 Å². The number of ether oxygens (including phenoxy) is 1. The Morgan fingerprint density at radius 1 is 1.13 bits per heavy atom. The van der Waals surface area contributed by atoms with Gasteiger partial charge in [-0.25, -0.2) is 9.97 Å². The highest BCUT2D eigenvalue weighted by Gasteiger charge is 2.41. The highest BCUT2D eigenvalue weighted by molar-refractivity contribution is 7.86. The second-order valence-corrected chi connectivity index (χ2v) is 10.5. The van der Waals surface area contributed by atoms with Crippen molar-refractivity contribution in [2.75, 3.05) is 44.3 Å². The van der Waals surface area contributed by atoms with Gasteiger partial charge in [-0.15, -0.1) is 0 Å². The van der Waals surface area contributed by atoms with Crippen molar-refractivity contribution < 1.29 is 17.9 Å². The molecule has 0 aliphatic carbocycles. The Balaban J connectivity index is 1.69. The van der Waals surface area contributed by atoms with E-state index < -0.39 is 16.3 Å². The van der Waals surface area contributed by atoms with Crippen LogP contribution in [-0.2, 0) is 26.2 Å². The molecule has 0 unspecified atom stereocenters. The molecule has 2 fully saturated rings. The third-order valence-corrected chi connectivity index (χ3v) is 8.04. The average molecular weight is 438 g/mol. The fourth-order valence-electron chi connectivity index (χ4n) is 4.51. The van der Waals surface area contributed by atoms with E-state index in [0.29, 0.717) is 76.2 Å². The number of hydrogen-bond donors (Lipinski definition) is 0. The molecule has 0 bridgehead atoms. The van der Waals surface area contributed by atoms with Gasteiger partial charge >= 0.3 is 0 Å². The SMILES string of the molecule is Cc1nc([C@H]2CCCN2S(=O)(=O)N2CCOCC2)nc2c1CCC(=O)N2CC(C)C. The smallest absolute Gasteiger partial charge is 0.282 e. The Kier molecular flexibility index (Phi) is 6.11. The van der Waals surface area contributed by atoms with E-state index in [4.69, 9.17) is 14.7 Å². The summed E-state index contributed by atoms with van der Waals surface area (Å²) in [6.45, 7) is 8.70. The maximum atomic E-state index is 13.3. The van der Waals surface area contributed by atoms with E-state index in [1.807, 2.05) is 6.92 Å². The molecule has 0 aromatic carbocycles. The Morgan fingerprint density at radius 3 is 2.57 bits per heavy atom. The summed E-state index contributed by atoms with van der Waals surface area (Å²) in [5, 5.41) is 0. The molecular formula is C20H31N5O4S. The van der Waals surface area contributed by atoms with Crippen molar-refractivity contribution in [1.29, 1.82) is 0 Å². The van der Waals surface area contributed by atoms with Crippen LogP contribution in [-0.4, -0.2) is 72.3 Å². The quantitative estimate of drug-likeness (QED) is 0.692. The number of anilines is 1. The van der Waals surface area contributed by atoms with Crippen molar-refractivity contribution in [2.24, 2.45) is 5.92 Å². The van der Waals surface area contributed by atoms with Crippen molar-refractivity contribution in [2.45, 2.75) is 52.5 Å². The van der Waals surface area contributed by atoms with Crippen molar-refractivity contribution in [3.63, 3.8) is 0 Å². The molecule has 4 heterocycles. The van der Waals surface area contributed by atoms with Crippen molar-refractivity contribution in [3.05, 3.63) is 17.1 Å². The Labute approximate surface area is 178 Å². The van der Waals surface area contributed by atoms with Crippen LogP contribution in [0.4, 0.5) is 5.82 Å². The van der Waals surface area contributed by atoms with Crippen LogP contribution < -0.4 is 4.90 Å². The molecule has 9 nitrogen and oxygen atoms in total. The molecule has 30 heavy (non-hydrogen) atoms. The first-order chi connectivity index (χ1) is 14.3. The standard InChI is InChI=1S/C20H31N5O4S/c1-14(2)13-24-18(26)7-6-16-15(3)21-19(22-20(16)24)17-5-4-8-25(17)30(27,28)23-9-11-29-12-10-23/h14,17H,4-13H2,1-3H3/t17-/m1/s1. The lowest BCUT2D eigenvalue weighted by atomic mass is 10.0. The summed E-state index contributed by atoms with van der Waals surface area (Å²) in [6, 6.07) is -0.403. The maximum Gasteiger partial charge on any atom is 0.282 e. The Morgan fingerprint density at radius 2 is 1.87 bits per heavy atom. The van der Waals surface area contributed by atoms with Gasteiger partial charge in [0.1, 0.15) is 11.6 Å². The molecule has 10 heteroatoms. The lowest BCUT2D eigenvalue weighted by Gasteiger charge is -2.34. The number of carbonyl (C=O) groups is 1. The number of aryl methyl sites for hydroxylation is 1. The summed E-state index contributed by atoms with van der Waals surface area (Å²) >= 11 is 0. The van der Waals surface area contributed by atoms with E-state index >= 15 is 0 Å². The minimum Gasteiger partial charge on any atom is -0.379 e. The molecule has 0 radical (unpaired) electrons. The van der Waals surface area contributed by atoms with Crippen LogP contribution in [0.15, 0.2) is 0 Å². The van der Waals surface area contributed by atoms with Crippen molar-refractivity contribution >= 4 is 21.9 Å². The summed E-state index contributed by atoms with van der Waals surface area (Å²) in [7, 11) is -3.61. The summed E-state index contributed by atoms with van der Waals surface area (Å²) in [5.74, 6) is 1.55. The molecule has 3 aliphatic rings. The largest absolute Gasteiger partial charge is 0.379 e. The van der Waals surface area contributed by atoms with Gasteiger partial charge in [-0.1, -0.05) is 13.8 Å². The highest BCUT2D eigenvalue weighted by Crippen LogP contribution is 2.37. The fraction of sp³-hybridized carbons (Fsp3) is 0.750. The van der Waals surface area contributed by atoms with Crippen molar-refractivity contribution in [1.82, 2.24) is 18.6 Å². The third-order valence-electron chi connectivity index (χ3n) is 6.00. The van der Waals surface area contributed by atoms with Crippen LogP contribution >= 0.6 is 0 Å². The number of morpholine rings is 1. The van der Waals surface area contributed by atoms with Crippen LogP contribution in [0.5, 0.6) is 0 Å². The number of aromatic nitrogens is 2. The minimum absolute atomic E-state index is 0.0736. The number of rotatable bonds is 5. The molecule has 0 saturated carbocycles. The number of hydrogen-bond acceptors (Lipinski definition) is 6. The normalized spacial score (nSPS) is 23.9. The zero-order chi connectivity index (χ0) is 21.5. The topological polar surface area (TPSA) is 95.9 Å².